The molecule has 8 nitrogen and oxygen atoms in total. The van der Waals surface area contributed by atoms with E-state index in [0.29, 0.717) is 5.69 Å². The Morgan fingerprint density at radius 1 is 1.21 bits per heavy atom. The van der Waals surface area contributed by atoms with E-state index < -0.39 is 33.1 Å². The molecule has 0 radical (unpaired) electrons. The molecule has 0 fully saturated rings. The molecule has 0 saturated carbocycles. The van der Waals surface area contributed by atoms with Crippen molar-refractivity contribution in [3.8, 4) is 11.4 Å². The average molecular weight is 420 g/mol. The number of ether oxygens (including phenoxy) is 1. The Balaban J connectivity index is 2.11. The van der Waals surface area contributed by atoms with E-state index in [1.165, 1.54) is 6.07 Å². The van der Waals surface area contributed by atoms with Gasteiger partial charge >= 0.3 is 16.1 Å². The van der Waals surface area contributed by atoms with Gasteiger partial charge in [-0.25, -0.2) is 4.79 Å². The lowest BCUT2D eigenvalue weighted by atomic mass is 10.2. The standard InChI is InChI=1S/C18H16N2O6S2/c1-3-25-18(22)17-14(26-28(23,24)16-5-4-10-27-16)11-15(21)20(19-17)13-8-6-12(2)7-9-13/h4-11H,3H2,1-2H3. The molecule has 2 aromatic heterocycles. The summed E-state index contributed by atoms with van der Waals surface area (Å²) < 4.78 is 35.7. The number of benzene rings is 1. The summed E-state index contributed by atoms with van der Waals surface area (Å²) in [4.78, 5) is 24.8. The zero-order valence-electron chi connectivity index (χ0n) is 15.0. The SMILES string of the molecule is CCOC(=O)c1nn(-c2ccc(C)cc2)c(=O)cc1OS(=O)(=O)c1cccs1. The molecule has 0 aliphatic heterocycles. The van der Waals surface area contributed by atoms with Crippen LogP contribution in [0.5, 0.6) is 5.75 Å². The molecule has 0 bridgehead atoms. The van der Waals surface area contributed by atoms with Crippen molar-refractivity contribution >= 4 is 27.4 Å². The molecule has 28 heavy (non-hydrogen) atoms. The number of carbonyl (C=O) groups excluding carboxylic acids is 1. The number of nitrogens with zero attached hydrogens (tertiary/aromatic N) is 2. The van der Waals surface area contributed by atoms with Gasteiger partial charge in [0, 0.05) is 0 Å². The highest BCUT2D eigenvalue weighted by Crippen LogP contribution is 2.24. The molecule has 0 aliphatic rings. The van der Waals surface area contributed by atoms with Crippen LogP contribution in [-0.2, 0) is 14.9 Å². The van der Waals surface area contributed by atoms with Crippen LogP contribution in [0.4, 0.5) is 0 Å². The lowest BCUT2D eigenvalue weighted by Crippen LogP contribution is -2.26. The van der Waals surface area contributed by atoms with Gasteiger partial charge in [0.2, 0.25) is 5.69 Å². The van der Waals surface area contributed by atoms with E-state index >= 15 is 0 Å². The maximum Gasteiger partial charge on any atom is 0.362 e. The van der Waals surface area contributed by atoms with Gasteiger partial charge in [-0.3, -0.25) is 4.79 Å². The summed E-state index contributed by atoms with van der Waals surface area (Å²) in [5.74, 6) is -1.39. The van der Waals surface area contributed by atoms with Crippen LogP contribution in [-0.4, -0.2) is 30.8 Å². The highest BCUT2D eigenvalue weighted by molar-refractivity contribution is 7.89. The second-order valence-corrected chi connectivity index (χ2v) is 8.35. The minimum atomic E-state index is -4.22. The van der Waals surface area contributed by atoms with Gasteiger partial charge in [0.25, 0.3) is 5.56 Å². The van der Waals surface area contributed by atoms with E-state index in [-0.39, 0.29) is 10.8 Å². The van der Waals surface area contributed by atoms with Crippen LogP contribution in [0.15, 0.2) is 56.8 Å². The number of aromatic nitrogens is 2. The fourth-order valence-corrected chi connectivity index (χ4v) is 4.16. The van der Waals surface area contributed by atoms with Gasteiger partial charge in [-0.15, -0.1) is 11.3 Å². The van der Waals surface area contributed by atoms with Gasteiger partial charge in [0.05, 0.1) is 18.4 Å². The van der Waals surface area contributed by atoms with Crippen molar-refractivity contribution in [3.05, 3.63) is 69.5 Å². The molecule has 146 valence electrons. The second kappa shape index (κ2) is 7.95. The lowest BCUT2D eigenvalue weighted by molar-refractivity contribution is 0.0515. The summed E-state index contributed by atoms with van der Waals surface area (Å²) >= 11 is 0.946. The fourth-order valence-electron chi connectivity index (χ4n) is 2.28. The van der Waals surface area contributed by atoms with Crippen LogP contribution in [0, 0.1) is 6.92 Å². The third kappa shape index (κ3) is 4.12. The molecule has 0 unspecified atom stereocenters. The third-order valence-electron chi connectivity index (χ3n) is 3.58. The lowest BCUT2D eigenvalue weighted by Gasteiger charge is -2.12. The average Bonchev–Trinajstić information content (AvgIpc) is 3.18. The summed E-state index contributed by atoms with van der Waals surface area (Å²) in [6, 6.07) is 10.7. The minimum absolute atomic E-state index is 0.0429. The predicted octanol–water partition coefficient (Wildman–Crippen LogP) is 2.55. The van der Waals surface area contributed by atoms with E-state index in [4.69, 9.17) is 8.92 Å². The molecule has 2 heterocycles. The summed E-state index contributed by atoms with van der Waals surface area (Å²) in [5, 5.41) is 5.57. The molecular formula is C18H16N2O6S2. The van der Waals surface area contributed by atoms with E-state index in [1.807, 2.05) is 6.92 Å². The fraction of sp³-hybridized carbons (Fsp3) is 0.167. The quantitative estimate of drug-likeness (QED) is 0.446. The van der Waals surface area contributed by atoms with Crippen LogP contribution < -0.4 is 9.74 Å². The molecule has 0 saturated heterocycles. The summed E-state index contributed by atoms with van der Waals surface area (Å²) in [6.45, 7) is 3.52. The second-order valence-electron chi connectivity index (χ2n) is 5.63. The molecule has 0 N–H and O–H groups in total. The Labute approximate surface area is 165 Å². The van der Waals surface area contributed by atoms with E-state index in [2.05, 4.69) is 5.10 Å². The predicted molar refractivity (Wildman–Crippen MR) is 103 cm³/mol. The topological polar surface area (TPSA) is 105 Å². The number of hydrogen-bond acceptors (Lipinski definition) is 8. The van der Waals surface area contributed by atoms with Crippen LogP contribution in [0.25, 0.3) is 5.69 Å². The Hall–Kier alpha value is -2.98. The Morgan fingerprint density at radius 2 is 1.93 bits per heavy atom. The smallest absolute Gasteiger partial charge is 0.362 e. The highest BCUT2D eigenvalue weighted by atomic mass is 32.3. The molecule has 3 aromatic rings. The van der Waals surface area contributed by atoms with Crippen molar-refractivity contribution in [2.45, 2.75) is 18.1 Å². The zero-order valence-corrected chi connectivity index (χ0v) is 16.6. The number of rotatable bonds is 6. The first-order chi connectivity index (χ1) is 13.3. The molecule has 3 rings (SSSR count). The summed E-state index contributed by atoms with van der Waals surface area (Å²) in [7, 11) is -4.22. The minimum Gasteiger partial charge on any atom is -0.461 e. The van der Waals surface area contributed by atoms with Gasteiger partial charge < -0.3 is 8.92 Å². The highest BCUT2D eigenvalue weighted by Gasteiger charge is 2.26. The number of thiophene rings is 1. The summed E-state index contributed by atoms with van der Waals surface area (Å²) in [5.41, 5.74) is 0.314. The monoisotopic (exact) mass is 420 g/mol. The number of hydrogen-bond donors (Lipinski definition) is 0. The third-order valence-corrected chi connectivity index (χ3v) is 6.18. The van der Waals surface area contributed by atoms with E-state index in [1.54, 1.807) is 42.6 Å². The van der Waals surface area contributed by atoms with Gasteiger partial charge in [0.15, 0.2) is 9.96 Å². The maximum absolute atomic E-state index is 12.5. The van der Waals surface area contributed by atoms with E-state index in [0.717, 1.165) is 27.6 Å². The first-order valence-corrected chi connectivity index (χ1v) is 10.5. The normalized spacial score (nSPS) is 11.2. The van der Waals surface area contributed by atoms with Crippen molar-refractivity contribution in [2.75, 3.05) is 6.61 Å². The molecule has 1 aromatic carbocycles. The van der Waals surface area contributed by atoms with E-state index in [9.17, 15) is 18.0 Å². The molecule has 0 amide bonds. The zero-order chi connectivity index (χ0) is 20.3. The van der Waals surface area contributed by atoms with Crippen LogP contribution in [0.3, 0.4) is 0 Å². The van der Waals surface area contributed by atoms with Crippen LogP contribution in [0.1, 0.15) is 23.0 Å². The Morgan fingerprint density at radius 3 is 2.54 bits per heavy atom. The van der Waals surface area contributed by atoms with Gasteiger partial charge in [0.1, 0.15) is 0 Å². The molecule has 0 spiro atoms. The summed E-state index contributed by atoms with van der Waals surface area (Å²) in [6.07, 6.45) is 0. The Bertz CT molecular complexity index is 1150. The van der Waals surface area contributed by atoms with Crippen molar-refractivity contribution < 1.29 is 22.1 Å². The Kier molecular flexibility index (Phi) is 5.61. The van der Waals surface area contributed by atoms with Gasteiger partial charge in [-0.1, -0.05) is 23.8 Å². The van der Waals surface area contributed by atoms with Crippen LogP contribution >= 0.6 is 11.3 Å². The molecule has 10 heteroatoms. The molecule has 0 atom stereocenters. The van der Waals surface area contributed by atoms with Crippen molar-refractivity contribution in [1.82, 2.24) is 9.78 Å². The number of esters is 1. The van der Waals surface area contributed by atoms with Gasteiger partial charge in [-0.05, 0) is 37.4 Å². The van der Waals surface area contributed by atoms with Crippen molar-refractivity contribution in [1.29, 1.82) is 0 Å². The van der Waals surface area contributed by atoms with Crippen molar-refractivity contribution in [2.24, 2.45) is 0 Å². The van der Waals surface area contributed by atoms with Crippen LogP contribution in [0.2, 0.25) is 0 Å². The largest absolute Gasteiger partial charge is 0.461 e. The molecule has 0 aliphatic carbocycles. The number of aryl methyl sites for hydroxylation is 1. The maximum atomic E-state index is 12.5. The first kappa shape index (κ1) is 19.8. The molecular weight excluding hydrogens is 404 g/mol. The first-order valence-electron chi connectivity index (χ1n) is 8.18. The van der Waals surface area contributed by atoms with Crippen molar-refractivity contribution in [3.63, 3.8) is 0 Å². The number of carbonyl (C=O) groups is 1. The van der Waals surface area contributed by atoms with Gasteiger partial charge in [-0.2, -0.15) is 18.2 Å².